The van der Waals surface area contributed by atoms with E-state index in [1.54, 1.807) is 0 Å². The van der Waals surface area contributed by atoms with Gasteiger partial charge in [0.05, 0.1) is 19.3 Å². The SMILES string of the molecule is COCC(O)CNC(=O)OCCO. The summed E-state index contributed by atoms with van der Waals surface area (Å²) in [5.41, 5.74) is 0. The average molecular weight is 193 g/mol. The van der Waals surface area contributed by atoms with Crippen LogP contribution in [0.1, 0.15) is 0 Å². The lowest BCUT2D eigenvalue weighted by Crippen LogP contribution is -2.35. The van der Waals surface area contributed by atoms with Crippen LogP contribution in [0.2, 0.25) is 0 Å². The molecule has 0 rings (SSSR count). The largest absolute Gasteiger partial charge is 0.447 e. The van der Waals surface area contributed by atoms with Crippen molar-refractivity contribution < 1.29 is 24.5 Å². The van der Waals surface area contributed by atoms with Crippen LogP contribution in [0, 0.1) is 0 Å². The molecule has 1 amide bonds. The Morgan fingerprint density at radius 2 is 2.31 bits per heavy atom. The van der Waals surface area contributed by atoms with E-state index in [1.807, 2.05) is 0 Å². The molecule has 6 heteroatoms. The highest BCUT2D eigenvalue weighted by atomic mass is 16.6. The summed E-state index contributed by atoms with van der Waals surface area (Å²) in [6.45, 7) is -0.0430. The Hall–Kier alpha value is -0.850. The van der Waals surface area contributed by atoms with Gasteiger partial charge in [-0.1, -0.05) is 0 Å². The zero-order valence-electron chi connectivity index (χ0n) is 7.52. The van der Waals surface area contributed by atoms with Gasteiger partial charge in [-0.05, 0) is 0 Å². The fourth-order valence-corrected chi connectivity index (χ4v) is 0.642. The smallest absolute Gasteiger partial charge is 0.407 e. The van der Waals surface area contributed by atoms with Crippen molar-refractivity contribution in [3.63, 3.8) is 0 Å². The van der Waals surface area contributed by atoms with Gasteiger partial charge >= 0.3 is 6.09 Å². The van der Waals surface area contributed by atoms with E-state index in [0.29, 0.717) is 0 Å². The standard InChI is InChI=1S/C7H15NO5/c1-12-5-6(10)4-8-7(11)13-3-2-9/h6,9-10H,2-5H2,1H3,(H,8,11). The van der Waals surface area contributed by atoms with Crippen LogP contribution in [-0.4, -0.2) is 55.9 Å². The zero-order valence-corrected chi connectivity index (χ0v) is 7.52. The first-order valence-corrected chi connectivity index (χ1v) is 3.89. The number of nitrogens with one attached hydrogen (secondary N) is 1. The van der Waals surface area contributed by atoms with Crippen LogP contribution < -0.4 is 5.32 Å². The van der Waals surface area contributed by atoms with Gasteiger partial charge in [0.2, 0.25) is 0 Å². The van der Waals surface area contributed by atoms with Crippen LogP contribution in [0.15, 0.2) is 0 Å². The number of aliphatic hydroxyl groups excluding tert-OH is 2. The van der Waals surface area contributed by atoms with Gasteiger partial charge in [0.15, 0.2) is 0 Å². The third kappa shape index (κ3) is 7.51. The van der Waals surface area contributed by atoms with Gasteiger partial charge in [0.25, 0.3) is 0 Å². The van der Waals surface area contributed by atoms with Crippen molar-refractivity contribution in [3.05, 3.63) is 0 Å². The number of alkyl carbamates (subject to hydrolysis) is 1. The van der Waals surface area contributed by atoms with Crippen molar-refractivity contribution in [2.45, 2.75) is 6.10 Å². The van der Waals surface area contributed by atoms with Crippen LogP contribution in [0.3, 0.4) is 0 Å². The van der Waals surface area contributed by atoms with E-state index in [9.17, 15) is 4.79 Å². The Bertz CT molecular complexity index is 141. The molecule has 0 radical (unpaired) electrons. The number of carbonyl (C=O) groups is 1. The third-order valence-electron chi connectivity index (χ3n) is 1.17. The number of aliphatic hydroxyl groups is 2. The molecular formula is C7H15NO5. The van der Waals surface area contributed by atoms with Gasteiger partial charge < -0.3 is 25.0 Å². The second-order valence-corrected chi connectivity index (χ2v) is 2.35. The highest BCUT2D eigenvalue weighted by Gasteiger charge is 2.06. The molecule has 0 aliphatic rings. The Morgan fingerprint density at radius 1 is 1.62 bits per heavy atom. The minimum Gasteiger partial charge on any atom is -0.447 e. The number of ether oxygens (including phenoxy) is 2. The number of carbonyl (C=O) groups excluding carboxylic acids is 1. The van der Waals surface area contributed by atoms with Gasteiger partial charge in [-0.25, -0.2) is 4.79 Å². The highest BCUT2D eigenvalue weighted by molar-refractivity contribution is 5.67. The number of methoxy groups -OCH3 is 1. The quantitative estimate of drug-likeness (QED) is 0.488. The first-order chi connectivity index (χ1) is 6.20. The Balaban J connectivity index is 3.34. The second kappa shape index (κ2) is 7.78. The van der Waals surface area contributed by atoms with Gasteiger partial charge in [0.1, 0.15) is 6.61 Å². The number of amides is 1. The molecule has 0 aromatic rings. The molecule has 0 spiro atoms. The lowest BCUT2D eigenvalue weighted by molar-refractivity contribution is 0.0609. The summed E-state index contributed by atoms with van der Waals surface area (Å²) in [6, 6.07) is 0. The van der Waals surface area contributed by atoms with Gasteiger partial charge in [-0.3, -0.25) is 0 Å². The van der Waals surface area contributed by atoms with E-state index in [1.165, 1.54) is 7.11 Å². The second-order valence-electron chi connectivity index (χ2n) is 2.35. The fourth-order valence-electron chi connectivity index (χ4n) is 0.642. The predicted molar refractivity (Wildman–Crippen MR) is 44.3 cm³/mol. The lowest BCUT2D eigenvalue weighted by Gasteiger charge is -2.10. The van der Waals surface area contributed by atoms with E-state index in [-0.39, 0.29) is 26.4 Å². The summed E-state index contributed by atoms with van der Waals surface area (Å²) in [4.78, 5) is 10.7. The molecular weight excluding hydrogens is 178 g/mol. The minimum atomic E-state index is -0.744. The summed E-state index contributed by atoms with van der Waals surface area (Å²) in [7, 11) is 1.45. The first kappa shape index (κ1) is 12.2. The molecule has 0 saturated carbocycles. The summed E-state index contributed by atoms with van der Waals surface area (Å²) < 4.78 is 9.10. The molecule has 13 heavy (non-hydrogen) atoms. The maximum absolute atomic E-state index is 10.7. The molecule has 78 valence electrons. The molecule has 3 N–H and O–H groups in total. The molecule has 1 unspecified atom stereocenters. The van der Waals surface area contributed by atoms with Crippen molar-refractivity contribution in [2.75, 3.05) is 33.5 Å². The van der Waals surface area contributed by atoms with Gasteiger partial charge in [0, 0.05) is 13.7 Å². The molecule has 0 aliphatic heterocycles. The molecule has 0 saturated heterocycles. The maximum Gasteiger partial charge on any atom is 0.407 e. The van der Waals surface area contributed by atoms with E-state index >= 15 is 0 Å². The van der Waals surface area contributed by atoms with E-state index in [4.69, 9.17) is 10.2 Å². The van der Waals surface area contributed by atoms with Crippen molar-refractivity contribution in [1.82, 2.24) is 5.32 Å². The molecule has 0 heterocycles. The molecule has 6 nitrogen and oxygen atoms in total. The minimum absolute atomic E-state index is 0.0494. The molecule has 0 aromatic heterocycles. The van der Waals surface area contributed by atoms with Crippen molar-refractivity contribution >= 4 is 6.09 Å². The summed E-state index contributed by atoms with van der Waals surface area (Å²) >= 11 is 0. The van der Waals surface area contributed by atoms with E-state index in [0.717, 1.165) is 0 Å². The van der Waals surface area contributed by atoms with Gasteiger partial charge in [-0.2, -0.15) is 0 Å². The van der Waals surface area contributed by atoms with E-state index in [2.05, 4.69) is 14.8 Å². The molecule has 1 atom stereocenters. The van der Waals surface area contributed by atoms with Crippen LogP contribution in [0.25, 0.3) is 0 Å². The Labute approximate surface area is 76.5 Å². The first-order valence-electron chi connectivity index (χ1n) is 3.89. The maximum atomic E-state index is 10.7. The summed E-state index contributed by atoms with van der Waals surface area (Å²) in [5, 5.41) is 19.7. The lowest BCUT2D eigenvalue weighted by atomic mass is 10.4. The van der Waals surface area contributed by atoms with Crippen molar-refractivity contribution in [1.29, 1.82) is 0 Å². The van der Waals surface area contributed by atoms with Crippen molar-refractivity contribution in [3.8, 4) is 0 Å². The number of hydrogen-bond donors (Lipinski definition) is 3. The van der Waals surface area contributed by atoms with Crippen molar-refractivity contribution in [2.24, 2.45) is 0 Å². The molecule has 0 fully saturated rings. The summed E-state index contributed by atoms with van der Waals surface area (Å²) in [5.74, 6) is 0. The van der Waals surface area contributed by atoms with Crippen LogP contribution in [0.5, 0.6) is 0 Å². The van der Waals surface area contributed by atoms with Gasteiger partial charge in [-0.15, -0.1) is 0 Å². The summed E-state index contributed by atoms with van der Waals surface area (Å²) in [6.07, 6.45) is -1.41. The molecule has 0 bridgehead atoms. The predicted octanol–water partition coefficient (Wildman–Crippen LogP) is -1.29. The Kier molecular flexibility index (Phi) is 7.27. The monoisotopic (exact) mass is 193 g/mol. The third-order valence-corrected chi connectivity index (χ3v) is 1.17. The van der Waals surface area contributed by atoms with Crippen LogP contribution in [0.4, 0.5) is 4.79 Å². The van der Waals surface area contributed by atoms with Crippen LogP contribution in [-0.2, 0) is 9.47 Å². The fraction of sp³-hybridized carbons (Fsp3) is 0.857. The highest BCUT2D eigenvalue weighted by Crippen LogP contribution is 1.82. The molecule has 0 aliphatic carbocycles. The normalized spacial score (nSPS) is 12.2. The van der Waals surface area contributed by atoms with Crippen LogP contribution >= 0.6 is 0 Å². The zero-order chi connectivity index (χ0) is 10.1. The molecule has 0 aromatic carbocycles. The Morgan fingerprint density at radius 3 is 2.85 bits per heavy atom. The topological polar surface area (TPSA) is 88.0 Å². The number of hydrogen-bond acceptors (Lipinski definition) is 5. The number of rotatable bonds is 6. The van der Waals surface area contributed by atoms with E-state index < -0.39 is 12.2 Å². The average Bonchev–Trinajstić information content (AvgIpc) is 2.12.